The van der Waals surface area contributed by atoms with E-state index in [2.05, 4.69) is 86.7 Å². The van der Waals surface area contributed by atoms with Crippen LogP contribution in [0.1, 0.15) is 50.7 Å². The Labute approximate surface area is 145 Å². The molecule has 0 aliphatic carbocycles. The van der Waals surface area contributed by atoms with Crippen LogP contribution in [0.25, 0.3) is 12.2 Å². The maximum atomic E-state index is 2.24. The zero-order valence-electron chi connectivity index (χ0n) is 14.2. The molecule has 0 heterocycles. The number of hydrogen-bond acceptors (Lipinski definition) is 1. The lowest BCUT2D eigenvalue weighted by Gasteiger charge is -2.03. The van der Waals surface area contributed by atoms with E-state index in [1.165, 1.54) is 33.8 Å². The minimum absolute atomic E-state index is 1.15. The van der Waals surface area contributed by atoms with E-state index in [0.29, 0.717) is 0 Å². The third-order valence-corrected chi connectivity index (χ3v) is 4.54. The molecule has 0 aliphatic heterocycles. The van der Waals surface area contributed by atoms with E-state index in [-0.39, 0.29) is 0 Å². The molecule has 0 aromatic heterocycles. The average Bonchev–Trinajstić information content (AvgIpc) is 2.58. The molecule has 2 rings (SSSR count). The van der Waals surface area contributed by atoms with E-state index in [1.54, 1.807) is 0 Å². The van der Waals surface area contributed by atoms with Gasteiger partial charge in [0.05, 0.1) is 0 Å². The first-order valence-corrected chi connectivity index (χ1v) is 9.34. The van der Waals surface area contributed by atoms with Crippen LogP contribution in [0.2, 0.25) is 0 Å². The molecule has 1 heteroatoms. The summed E-state index contributed by atoms with van der Waals surface area (Å²) in [5, 5.41) is 0. The van der Waals surface area contributed by atoms with Crippen LogP contribution in [0.15, 0.2) is 70.5 Å². The fourth-order valence-electron chi connectivity index (χ4n) is 2.20. The zero-order valence-corrected chi connectivity index (χ0v) is 15.0. The van der Waals surface area contributed by atoms with Gasteiger partial charge >= 0.3 is 0 Å². The summed E-state index contributed by atoms with van der Waals surface area (Å²) >= 11 is 1.81. The normalized spacial score (nSPS) is 11.6. The maximum absolute atomic E-state index is 2.24. The minimum Gasteiger partial charge on any atom is -0.0901 e. The Hall–Kier alpha value is -1.73. The highest BCUT2D eigenvalue weighted by Gasteiger charge is 1.97. The topological polar surface area (TPSA) is 0 Å². The Bertz CT molecular complexity index is 561. The highest BCUT2D eigenvalue weighted by atomic mass is 32.2. The summed E-state index contributed by atoms with van der Waals surface area (Å²) in [4.78, 5) is 2.57. The fourth-order valence-corrected chi connectivity index (χ4v) is 3.02. The van der Waals surface area contributed by atoms with E-state index in [4.69, 9.17) is 0 Å². The van der Waals surface area contributed by atoms with Crippen molar-refractivity contribution in [3.05, 3.63) is 71.8 Å². The molecule has 0 N–H and O–H groups in total. The lowest BCUT2D eigenvalue weighted by molar-refractivity contribution is 0.962. The van der Waals surface area contributed by atoms with Crippen LogP contribution in [0.3, 0.4) is 0 Å². The average molecular weight is 323 g/mol. The van der Waals surface area contributed by atoms with Crippen molar-refractivity contribution < 1.29 is 0 Å². The Balaban J connectivity index is 1.93. The van der Waals surface area contributed by atoms with Gasteiger partial charge < -0.3 is 0 Å². The van der Waals surface area contributed by atoms with E-state index >= 15 is 0 Å². The first-order chi connectivity index (χ1) is 11.3. The third kappa shape index (κ3) is 6.50. The second-order valence-electron chi connectivity index (χ2n) is 5.62. The van der Waals surface area contributed by atoms with Crippen molar-refractivity contribution in [3.63, 3.8) is 0 Å². The Morgan fingerprint density at radius 3 is 1.39 bits per heavy atom. The first kappa shape index (κ1) is 17.6. The van der Waals surface area contributed by atoms with Crippen molar-refractivity contribution in [1.82, 2.24) is 0 Å². The van der Waals surface area contributed by atoms with Gasteiger partial charge in [0.2, 0.25) is 0 Å². The molecule has 0 fully saturated rings. The summed E-state index contributed by atoms with van der Waals surface area (Å²) in [7, 11) is 0. The van der Waals surface area contributed by atoms with Gasteiger partial charge in [-0.25, -0.2) is 0 Å². The third-order valence-electron chi connectivity index (χ3n) is 3.53. The highest BCUT2D eigenvalue weighted by molar-refractivity contribution is 7.99. The van der Waals surface area contributed by atoms with Gasteiger partial charge in [0.15, 0.2) is 0 Å². The summed E-state index contributed by atoms with van der Waals surface area (Å²) < 4.78 is 0. The Kier molecular flexibility index (Phi) is 7.75. The monoisotopic (exact) mass is 322 g/mol. The fraction of sp³-hybridized carbons (Fsp3) is 0.273. The van der Waals surface area contributed by atoms with Crippen molar-refractivity contribution in [2.24, 2.45) is 0 Å². The molecule has 0 amide bonds. The molecule has 2 aromatic carbocycles. The molecule has 2 aromatic rings. The SMILES string of the molecule is CCCC=Cc1ccc(Sc2ccc(C=CCCC)cc2)cc1. The van der Waals surface area contributed by atoms with Crippen LogP contribution in [-0.4, -0.2) is 0 Å². The molecule has 0 atom stereocenters. The van der Waals surface area contributed by atoms with Crippen molar-refractivity contribution in [3.8, 4) is 0 Å². The lowest BCUT2D eigenvalue weighted by Crippen LogP contribution is -1.77. The van der Waals surface area contributed by atoms with E-state index in [0.717, 1.165) is 12.8 Å². The molecular weight excluding hydrogens is 296 g/mol. The van der Waals surface area contributed by atoms with E-state index < -0.39 is 0 Å². The van der Waals surface area contributed by atoms with Crippen LogP contribution < -0.4 is 0 Å². The van der Waals surface area contributed by atoms with Crippen molar-refractivity contribution >= 4 is 23.9 Å². The summed E-state index contributed by atoms with van der Waals surface area (Å²) in [6, 6.07) is 17.6. The quantitative estimate of drug-likeness (QED) is 0.486. The molecule has 0 nitrogen and oxygen atoms in total. The van der Waals surface area contributed by atoms with E-state index in [1.807, 2.05) is 11.8 Å². The summed E-state index contributed by atoms with van der Waals surface area (Å²) in [5.41, 5.74) is 2.55. The zero-order chi connectivity index (χ0) is 16.3. The van der Waals surface area contributed by atoms with Crippen LogP contribution in [0, 0.1) is 0 Å². The van der Waals surface area contributed by atoms with Crippen LogP contribution >= 0.6 is 11.8 Å². The molecule has 120 valence electrons. The van der Waals surface area contributed by atoms with Crippen LogP contribution in [-0.2, 0) is 0 Å². The molecule has 0 unspecified atom stereocenters. The molecule has 0 aliphatic rings. The van der Waals surface area contributed by atoms with Gasteiger partial charge in [0.25, 0.3) is 0 Å². The van der Waals surface area contributed by atoms with Gasteiger partial charge in [-0.05, 0) is 48.2 Å². The second kappa shape index (κ2) is 10.1. The Morgan fingerprint density at radius 2 is 1.04 bits per heavy atom. The molecule has 23 heavy (non-hydrogen) atoms. The van der Waals surface area contributed by atoms with Crippen molar-refractivity contribution in [2.75, 3.05) is 0 Å². The number of allylic oxidation sites excluding steroid dienone is 2. The Morgan fingerprint density at radius 1 is 0.652 bits per heavy atom. The number of benzene rings is 2. The predicted octanol–water partition coefficient (Wildman–Crippen LogP) is 7.46. The predicted molar refractivity (Wildman–Crippen MR) is 105 cm³/mol. The van der Waals surface area contributed by atoms with Crippen LogP contribution in [0.5, 0.6) is 0 Å². The van der Waals surface area contributed by atoms with Crippen molar-refractivity contribution in [2.45, 2.75) is 49.3 Å². The summed E-state index contributed by atoms with van der Waals surface area (Å²) in [6.45, 7) is 4.41. The first-order valence-electron chi connectivity index (χ1n) is 8.53. The summed E-state index contributed by atoms with van der Waals surface area (Å²) in [5.74, 6) is 0. The lowest BCUT2D eigenvalue weighted by atomic mass is 10.2. The van der Waals surface area contributed by atoms with Gasteiger partial charge in [0, 0.05) is 9.79 Å². The molecular formula is C22H26S. The second-order valence-corrected chi connectivity index (χ2v) is 6.77. The number of rotatable bonds is 8. The molecule has 0 spiro atoms. The molecule has 0 bridgehead atoms. The standard InChI is InChI=1S/C22H26S/c1-3-5-7-9-19-11-15-21(16-12-19)23-22-17-13-20(14-18-22)10-8-6-4-2/h7-18H,3-6H2,1-2H3. The highest BCUT2D eigenvalue weighted by Crippen LogP contribution is 2.28. The van der Waals surface area contributed by atoms with Gasteiger partial charge in [-0.15, -0.1) is 0 Å². The summed E-state index contributed by atoms with van der Waals surface area (Å²) in [6.07, 6.45) is 13.6. The largest absolute Gasteiger partial charge is 0.0901 e. The number of hydrogen-bond donors (Lipinski definition) is 0. The van der Waals surface area contributed by atoms with Gasteiger partial charge in [0.1, 0.15) is 0 Å². The molecule has 0 saturated heterocycles. The molecule has 0 saturated carbocycles. The minimum atomic E-state index is 1.15. The number of unbranched alkanes of at least 4 members (excludes halogenated alkanes) is 2. The van der Waals surface area contributed by atoms with Gasteiger partial charge in [-0.3, -0.25) is 0 Å². The van der Waals surface area contributed by atoms with Gasteiger partial charge in [-0.1, -0.05) is 87.0 Å². The van der Waals surface area contributed by atoms with Crippen LogP contribution in [0.4, 0.5) is 0 Å². The smallest absolute Gasteiger partial charge is 0.0122 e. The molecule has 0 radical (unpaired) electrons. The maximum Gasteiger partial charge on any atom is 0.0122 e. The van der Waals surface area contributed by atoms with Crippen molar-refractivity contribution in [1.29, 1.82) is 0 Å². The van der Waals surface area contributed by atoms with Gasteiger partial charge in [-0.2, -0.15) is 0 Å². The van der Waals surface area contributed by atoms with E-state index in [9.17, 15) is 0 Å².